The summed E-state index contributed by atoms with van der Waals surface area (Å²) in [6, 6.07) is 16.8. The van der Waals surface area contributed by atoms with Gasteiger partial charge in [0.15, 0.2) is 0 Å². The van der Waals surface area contributed by atoms with Crippen molar-refractivity contribution in [2.75, 3.05) is 39.8 Å². The van der Waals surface area contributed by atoms with Crippen LogP contribution in [0.4, 0.5) is 0 Å². The molecule has 0 N–H and O–H groups in total. The Bertz CT molecular complexity index is 634. The van der Waals surface area contributed by atoms with Gasteiger partial charge in [-0.25, -0.2) is 0 Å². The number of hydrogen-bond acceptors (Lipinski definition) is 3. The lowest BCUT2D eigenvalue weighted by Gasteiger charge is -2.32. The number of likely N-dealkylation sites (N-methyl/N-ethyl adjacent to an activating group) is 1. The maximum absolute atomic E-state index is 5.87. The number of rotatable bonds is 7. The van der Waals surface area contributed by atoms with E-state index in [1.807, 2.05) is 12.1 Å². The van der Waals surface area contributed by atoms with Crippen molar-refractivity contribution in [1.29, 1.82) is 0 Å². The third-order valence-electron chi connectivity index (χ3n) is 4.78. The third kappa shape index (κ3) is 6.14. The fraction of sp³-hybridized carbons (Fsp3) is 0.429. The standard InChI is InChI=1S/C21H27BrN2O/c1-23-13-15-24(16-14-23)12-2-3-18-6-10-21(11-7-18)25-17-19-4-8-20(22)9-5-19/h4-11H,2-3,12-17H2,1H3. The predicted molar refractivity (Wildman–Crippen MR) is 107 cm³/mol. The van der Waals surface area contributed by atoms with E-state index in [2.05, 4.69) is 69.2 Å². The molecule has 1 aliphatic rings. The molecule has 0 spiro atoms. The summed E-state index contributed by atoms with van der Waals surface area (Å²) in [4.78, 5) is 4.99. The van der Waals surface area contributed by atoms with Crippen molar-refractivity contribution in [2.45, 2.75) is 19.4 Å². The molecule has 1 saturated heterocycles. The van der Waals surface area contributed by atoms with E-state index in [1.165, 1.54) is 50.3 Å². The quantitative estimate of drug-likeness (QED) is 0.689. The molecule has 1 fully saturated rings. The van der Waals surface area contributed by atoms with Gasteiger partial charge in [0.05, 0.1) is 0 Å². The molecule has 0 amide bonds. The zero-order chi connectivity index (χ0) is 17.5. The van der Waals surface area contributed by atoms with Crippen LogP contribution in [0.15, 0.2) is 53.0 Å². The maximum atomic E-state index is 5.87. The first-order chi connectivity index (χ1) is 12.2. The van der Waals surface area contributed by atoms with Crippen LogP contribution >= 0.6 is 15.9 Å². The highest BCUT2D eigenvalue weighted by Gasteiger charge is 2.12. The summed E-state index contributed by atoms with van der Waals surface area (Å²) in [5.41, 5.74) is 2.57. The Morgan fingerprint density at radius 2 is 1.52 bits per heavy atom. The normalized spacial score (nSPS) is 16.1. The second-order valence-electron chi connectivity index (χ2n) is 6.81. The highest BCUT2D eigenvalue weighted by Crippen LogP contribution is 2.17. The van der Waals surface area contributed by atoms with Gasteiger partial charge in [0.1, 0.15) is 12.4 Å². The Morgan fingerprint density at radius 3 is 2.20 bits per heavy atom. The molecule has 0 radical (unpaired) electrons. The van der Waals surface area contributed by atoms with Crippen LogP contribution in [0, 0.1) is 0 Å². The molecule has 2 aromatic rings. The number of ether oxygens (including phenoxy) is 1. The van der Waals surface area contributed by atoms with Crippen molar-refractivity contribution in [3.05, 3.63) is 64.1 Å². The van der Waals surface area contributed by atoms with Crippen molar-refractivity contribution in [3.63, 3.8) is 0 Å². The number of hydrogen-bond donors (Lipinski definition) is 0. The number of aryl methyl sites for hydroxylation is 1. The van der Waals surface area contributed by atoms with Gasteiger partial charge >= 0.3 is 0 Å². The van der Waals surface area contributed by atoms with Crippen molar-refractivity contribution in [3.8, 4) is 5.75 Å². The van der Waals surface area contributed by atoms with E-state index < -0.39 is 0 Å². The van der Waals surface area contributed by atoms with Crippen LogP contribution < -0.4 is 4.74 Å². The summed E-state index contributed by atoms with van der Waals surface area (Å²) in [5, 5.41) is 0. The van der Waals surface area contributed by atoms with Gasteiger partial charge in [0.2, 0.25) is 0 Å². The highest BCUT2D eigenvalue weighted by atomic mass is 79.9. The number of halogens is 1. The van der Waals surface area contributed by atoms with Crippen LogP contribution in [0.3, 0.4) is 0 Å². The van der Waals surface area contributed by atoms with E-state index >= 15 is 0 Å². The van der Waals surface area contributed by atoms with Crippen molar-refractivity contribution < 1.29 is 4.74 Å². The number of piperazine rings is 1. The minimum atomic E-state index is 0.607. The monoisotopic (exact) mass is 402 g/mol. The second kappa shape index (κ2) is 9.37. The van der Waals surface area contributed by atoms with Gasteiger partial charge in [-0.05, 0) is 61.8 Å². The molecule has 0 unspecified atom stereocenters. The smallest absolute Gasteiger partial charge is 0.119 e. The summed E-state index contributed by atoms with van der Waals surface area (Å²) >= 11 is 3.45. The maximum Gasteiger partial charge on any atom is 0.119 e. The minimum Gasteiger partial charge on any atom is -0.489 e. The lowest BCUT2D eigenvalue weighted by atomic mass is 10.1. The molecule has 134 valence electrons. The second-order valence-corrected chi connectivity index (χ2v) is 7.72. The predicted octanol–water partition coefficient (Wildman–Crippen LogP) is 4.21. The molecule has 1 aliphatic heterocycles. The summed E-state index contributed by atoms with van der Waals surface area (Å²) < 4.78 is 6.96. The fourth-order valence-electron chi connectivity index (χ4n) is 3.08. The molecule has 0 bridgehead atoms. The Labute approximate surface area is 159 Å². The summed E-state index contributed by atoms with van der Waals surface area (Å²) in [5.74, 6) is 0.936. The summed E-state index contributed by atoms with van der Waals surface area (Å²) in [6.45, 7) is 6.62. The third-order valence-corrected chi connectivity index (χ3v) is 5.31. The first-order valence-electron chi connectivity index (χ1n) is 9.06. The zero-order valence-corrected chi connectivity index (χ0v) is 16.5. The van der Waals surface area contributed by atoms with Crippen molar-refractivity contribution >= 4 is 15.9 Å². The van der Waals surface area contributed by atoms with Gasteiger partial charge in [-0.2, -0.15) is 0 Å². The SMILES string of the molecule is CN1CCN(CCCc2ccc(OCc3ccc(Br)cc3)cc2)CC1. The van der Waals surface area contributed by atoms with Gasteiger partial charge in [0.25, 0.3) is 0 Å². The van der Waals surface area contributed by atoms with Gasteiger partial charge < -0.3 is 14.5 Å². The number of benzene rings is 2. The molecular weight excluding hydrogens is 376 g/mol. The Balaban J connectivity index is 1.39. The number of nitrogens with zero attached hydrogens (tertiary/aromatic N) is 2. The first kappa shape index (κ1) is 18.4. The molecular formula is C21H27BrN2O. The molecule has 3 nitrogen and oxygen atoms in total. The van der Waals surface area contributed by atoms with Crippen LogP contribution in [-0.4, -0.2) is 49.6 Å². The lowest BCUT2D eigenvalue weighted by Crippen LogP contribution is -2.44. The Kier molecular flexibility index (Phi) is 6.91. The van der Waals surface area contributed by atoms with E-state index in [1.54, 1.807) is 0 Å². The van der Waals surface area contributed by atoms with E-state index in [0.29, 0.717) is 6.61 Å². The molecule has 0 aromatic heterocycles. The molecule has 3 rings (SSSR count). The topological polar surface area (TPSA) is 15.7 Å². The molecule has 4 heteroatoms. The van der Waals surface area contributed by atoms with E-state index in [4.69, 9.17) is 4.74 Å². The van der Waals surface area contributed by atoms with Gasteiger partial charge in [0, 0.05) is 30.7 Å². The molecule has 0 atom stereocenters. The largest absolute Gasteiger partial charge is 0.489 e. The van der Waals surface area contributed by atoms with Crippen LogP contribution in [-0.2, 0) is 13.0 Å². The van der Waals surface area contributed by atoms with Crippen LogP contribution in [0.25, 0.3) is 0 Å². The highest BCUT2D eigenvalue weighted by molar-refractivity contribution is 9.10. The lowest BCUT2D eigenvalue weighted by molar-refractivity contribution is 0.153. The molecule has 0 saturated carbocycles. The van der Waals surface area contributed by atoms with E-state index in [0.717, 1.165) is 16.6 Å². The Morgan fingerprint density at radius 1 is 0.880 bits per heavy atom. The Hall–Kier alpha value is -1.36. The van der Waals surface area contributed by atoms with Gasteiger partial charge in [-0.3, -0.25) is 0 Å². The summed E-state index contributed by atoms with van der Waals surface area (Å²) in [7, 11) is 2.21. The van der Waals surface area contributed by atoms with Crippen molar-refractivity contribution in [2.24, 2.45) is 0 Å². The van der Waals surface area contributed by atoms with E-state index in [9.17, 15) is 0 Å². The van der Waals surface area contributed by atoms with Gasteiger partial charge in [-0.15, -0.1) is 0 Å². The zero-order valence-electron chi connectivity index (χ0n) is 15.0. The summed E-state index contributed by atoms with van der Waals surface area (Å²) in [6.07, 6.45) is 2.36. The van der Waals surface area contributed by atoms with Crippen LogP contribution in [0.2, 0.25) is 0 Å². The average molecular weight is 403 g/mol. The fourth-order valence-corrected chi connectivity index (χ4v) is 3.34. The van der Waals surface area contributed by atoms with Crippen molar-refractivity contribution in [1.82, 2.24) is 9.80 Å². The van der Waals surface area contributed by atoms with E-state index in [-0.39, 0.29) is 0 Å². The van der Waals surface area contributed by atoms with Crippen LogP contribution in [0.1, 0.15) is 17.5 Å². The molecule has 25 heavy (non-hydrogen) atoms. The first-order valence-corrected chi connectivity index (χ1v) is 9.85. The molecule has 0 aliphatic carbocycles. The molecule has 1 heterocycles. The average Bonchev–Trinajstić information content (AvgIpc) is 2.64. The molecule has 2 aromatic carbocycles. The minimum absolute atomic E-state index is 0.607. The van der Waals surface area contributed by atoms with Gasteiger partial charge in [-0.1, -0.05) is 40.2 Å². The van der Waals surface area contributed by atoms with Crippen LogP contribution in [0.5, 0.6) is 5.75 Å².